The number of amides is 1. The minimum atomic E-state index is -3.78. The van der Waals surface area contributed by atoms with Gasteiger partial charge < -0.3 is 14.8 Å². The van der Waals surface area contributed by atoms with E-state index in [-0.39, 0.29) is 29.6 Å². The van der Waals surface area contributed by atoms with Crippen molar-refractivity contribution in [3.8, 4) is 11.5 Å². The number of sulfonamides is 1. The lowest BCUT2D eigenvalue weighted by Crippen LogP contribution is -2.27. The highest BCUT2D eigenvalue weighted by molar-refractivity contribution is 7.89. The Kier molecular flexibility index (Phi) is 9.67. The van der Waals surface area contributed by atoms with Gasteiger partial charge in [0, 0.05) is 30.3 Å². The van der Waals surface area contributed by atoms with Crippen LogP contribution < -0.4 is 19.5 Å². The number of anilines is 1. The zero-order chi connectivity index (χ0) is 23.6. The first kappa shape index (κ1) is 25.4. The Labute approximate surface area is 189 Å². The first-order valence-electron chi connectivity index (χ1n) is 10.6. The van der Waals surface area contributed by atoms with Gasteiger partial charge in [-0.3, -0.25) is 9.59 Å². The maximum atomic E-state index is 12.4. The molecule has 0 saturated carbocycles. The van der Waals surface area contributed by atoms with Crippen molar-refractivity contribution in [3.05, 3.63) is 48.0 Å². The third kappa shape index (κ3) is 7.65. The van der Waals surface area contributed by atoms with Gasteiger partial charge in [0.2, 0.25) is 15.9 Å². The number of benzene rings is 2. The van der Waals surface area contributed by atoms with Gasteiger partial charge in [-0.2, -0.15) is 0 Å². The van der Waals surface area contributed by atoms with Crippen molar-refractivity contribution in [1.82, 2.24) is 4.72 Å². The molecule has 2 N–H and O–H groups in total. The van der Waals surface area contributed by atoms with Crippen molar-refractivity contribution in [1.29, 1.82) is 0 Å². The molecule has 0 unspecified atom stereocenters. The van der Waals surface area contributed by atoms with E-state index in [1.54, 1.807) is 18.2 Å². The van der Waals surface area contributed by atoms with Crippen LogP contribution >= 0.6 is 0 Å². The SMILES string of the molecule is CCCOc1ccc(NC(=O)CCNS(=O)(=O)c2ccc(C(C)=O)cc2)cc1OCCC. The quantitative estimate of drug-likeness (QED) is 0.438. The van der Waals surface area contributed by atoms with Crippen molar-refractivity contribution >= 4 is 27.4 Å². The van der Waals surface area contributed by atoms with E-state index in [4.69, 9.17) is 9.47 Å². The van der Waals surface area contributed by atoms with Crippen LogP contribution in [0.4, 0.5) is 5.69 Å². The highest BCUT2D eigenvalue weighted by Gasteiger charge is 2.15. The maximum Gasteiger partial charge on any atom is 0.240 e. The van der Waals surface area contributed by atoms with Gasteiger partial charge in [-0.1, -0.05) is 26.0 Å². The summed E-state index contributed by atoms with van der Waals surface area (Å²) in [6.07, 6.45) is 1.65. The molecule has 0 aliphatic heterocycles. The molecule has 0 atom stereocenters. The average molecular weight is 463 g/mol. The van der Waals surface area contributed by atoms with Crippen molar-refractivity contribution < 1.29 is 27.5 Å². The Bertz CT molecular complexity index is 1020. The number of carbonyl (C=O) groups is 2. The van der Waals surface area contributed by atoms with Crippen molar-refractivity contribution in [2.75, 3.05) is 25.1 Å². The molecular weight excluding hydrogens is 432 g/mol. The summed E-state index contributed by atoms with van der Waals surface area (Å²) in [6, 6.07) is 10.8. The molecule has 0 saturated heterocycles. The second-order valence-electron chi connectivity index (χ2n) is 7.13. The third-order valence-corrected chi connectivity index (χ3v) is 5.84. The summed E-state index contributed by atoms with van der Waals surface area (Å²) in [6.45, 7) is 6.43. The lowest BCUT2D eigenvalue weighted by atomic mass is 10.2. The normalized spacial score (nSPS) is 11.1. The molecule has 0 aliphatic rings. The van der Waals surface area contributed by atoms with E-state index in [1.165, 1.54) is 31.2 Å². The number of ether oxygens (including phenoxy) is 2. The molecule has 0 bridgehead atoms. The largest absolute Gasteiger partial charge is 0.490 e. The Hall–Kier alpha value is -2.91. The van der Waals surface area contributed by atoms with Crippen LogP contribution in [-0.2, 0) is 14.8 Å². The van der Waals surface area contributed by atoms with Crippen LogP contribution in [0.25, 0.3) is 0 Å². The topological polar surface area (TPSA) is 111 Å². The van der Waals surface area contributed by atoms with E-state index in [0.717, 1.165) is 12.8 Å². The van der Waals surface area contributed by atoms with Gasteiger partial charge in [0.15, 0.2) is 17.3 Å². The molecule has 1 amide bonds. The molecule has 2 aromatic rings. The van der Waals surface area contributed by atoms with E-state index in [2.05, 4.69) is 10.0 Å². The van der Waals surface area contributed by atoms with E-state index in [0.29, 0.717) is 36.0 Å². The molecule has 8 nitrogen and oxygen atoms in total. The lowest BCUT2D eigenvalue weighted by Gasteiger charge is -2.14. The summed E-state index contributed by atoms with van der Waals surface area (Å²) < 4.78 is 38.5. The predicted octanol–water partition coefficient (Wildman–Crippen LogP) is 3.77. The number of rotatable bonds is 13. The van der Waals surface area contributed by atoms with E-state index >= 15 is 0 Å². The van der Waals surface area contributed by atoms with Crippen LogP contribution in [-0.4, -0.2) is 39.9 Å². The van der Waals surface area contributed by atoms with Gasteiger partial charge in [0.05, 0.1) is 18.1 Å². The van der Waals surface area contributed by atoms with Crippen LogP contribution in [0.15, 0.2) is 47.4 Å². The Morgan fingerprint density at radius 2 is 1.53 bits per heavy atom. The van der Waals surface area contributed by atoms with Gasteiger partial charge in [-0.15, -0.1) is 0 Å². The Morgan fingerprint density at radius 1 is 0.906 bits per heavy atom. The molecule has 0 heterocycles. The van der Waals surface area contributed by atoms with Gasteiger partial charge in [-0.05, 0) is 44.0 Å². The Balaban J connectivity index is 1.93. The molecule has 0 radical (unpaired) electrons. The summed E-state index contributed by atoms with van der Waals surface area (Å²) >= 11 is 0. The first-order valence-corrected chi connectivity index (χ1v) is 12.0. The molecule has 9 heteroatoms. The van der Waals surface area contributed by atoms with Crippen LogP contribution in [0.1, 0.15) is 50.4 Å². The molecule has 0 aliphatic carbocycles. The highest BCUT2D eigenvalue weighted by Crippen LogP contribution is 2.31. The van der Waals surface area contributed by atoms with E-state index in [9.17, 15) is 18.0 Å². The van der Waals surface area contributed by atoms with Crippen LogP contribution in [0, 0.1) is 0 Å². The van der Waals surface area contributed by atoms with Gasteiger partial charge in [0.1, 0.15) is 0 Å². The number of nitrogens with one attached hydrogen (secondary N) is 2. The first-order chi connectivity index (χ1) is 15.3. The fraction of sp³-hybridized carbons (Fsp3) is 0.391. The monoisotopic (exact) mass is 462 g/mol. The third-order valence-electron chi connectivity index (χ3n) is 4.37. The number of hydrogen-bond acceptors (Lipinski definition) is 6. The van der Waals surface area contributed by atoms with E-state index in [1.807, 2.05) is 13.8 Å². The number of ketones is 1. The van der Waals surface area contributed by atoms with Crippen molar-refractivity contribution in [2.24, 2.45) is 0 Å². The second kappa shape index (κ2) is 12.2. The minimum Gasteiger partial charge on any atom is -0.490 e. The summed E-state index contributed by atoms with van der Waals surface area (Å²) in [4.78, 5) is 23.6. The summed E-state index contributed by atoms with van der Waals surface area (Å²) in [5.74, 6) is 0.671. The maximum absolute atomic E-state index is 12.4. The summed E-state index contributed by atoms with van der Waals surface area (Å²) in [7, 11) is -3.78. The van der Waals surface area contributed by atoms with Crippen molar-refractivity contribution in [3.63, 3.8) is 0 Å². The van der Waals surface area contributed by atoms with Crippen molar-refractivity contribution in [2.45, 2.75) is 44.9 Å². The molecule has 32 heavy (non-hydrogen) atoms. The molecule has 0 spiro atoms. The molecule has 2 rings (SSSR count). The summed E-state index contributed by atoms with van der Waals surface area (Å²) in [5, 5.41) is 2.74. The molecule has 2 aromatic carbocycles. The van der Waals surface area contributed by atoms with Crippen LogP contribution in [0.2, 0.25) is 0 Å². The molecule has 174 valence electrons. The second-order valence-corrected chi connectivity index (χ2v) is 8.90. The fourth-order valence-corrected chi connectivity index (χ4v) is 3.75. The van der Waals surface area contributed by atoms with Gasteiger partial charge >= 0.3 is 0 Å². The van der Waals surface area contributed by atoms with Crippen LogP contribution in [0.3, 0.4) is 0 Å². The standard InChI is InChI=1S/C23H30N2O6S/c1-4-14-30-21-11-8-19(16-22(21)31-15-5-2)25-23(27)12-13-24-32(28,29)20-9-6-18(7-10-20)17(3)26/h6-11,16,24H,4-5,12-15H2,1-3H3,(H,25,27). The average Bonchev–Trinajstić information content (AvgIpc) is 2.76. The van der Waals surface area contributed by atoms with E-state index < -0.39 is 10.0 Å². The molecular formula is C23H30N2O6S. The zero-order valence-electron chi connectivity index (χ0n) is 18.6. The van der Waals surface area contributed by atoms with Gasteiger partial charge in [0.25, 0.3) is 0 Å². The number of carbonyl (C=O) groups excluding carboxylic acids is 2. The highest BCUT2D eigenvalue weighted by atomic mass is 32.2. The zero-order valence-corrected chi connectivity index (χ0v) is 19.5. The molecule has 0 aromatic heterocycles. The summed E-state index contributed by atoms with van der Waals surface area (Å²) in [5.41, 5.74) is 0.962. The smallest absolute Gasteiger partial charge is 0.240 e. The van der Waals surface area contributed by atoms with Crippen LogP contribution in [0.5, 0.6) is 11.5 Å². The molecule has 0 fully saturated rings. The fourth-order valence-electron chi connectivity index (χ4n) is 2.72. The number of hydrogen-bond donors (Lipinski definition) is 2. The minimum absolute atomic E-state index is 0.0308. The lowest BCUT2D eigenvalue weighted by molar-refractivity contribution is -0.116. The number of Topliss-reactive ketones (excluding diaryl/α,β-unsaturated/α-hetero) is 1. The predicted molar refractivity (Wildman–Crippen MR) is 123 cm³/mol. The van der Waals surface area contributed by atoms with Gasteiger partial charge in [-0.25, -0.2) is 13.1 Å². The Morgan fingerprint density at radius 3 is 2.12 bits per heavy atom.